The molecule has 192 valence electrons. The normalized spacial score (nSPS) is 14.1. The Hall–Kier alpha value is -3.21. The lowest BCUT2D eigenvalue weighted by Crippen LogP contribution is -2.25. The molecule has 4 rings (SSSR count). The minimum absolute atomic E-state index is 0.195. The highest BCUT2D eigenvalue weighted by atomic mass is 32.2. The molecule has 0 radical (unpaired) electrons. The molecule has 1 aliphatic heterocycles. The van der Waals surface area contributed by atoms with Gasteiger partial charge in [-0.25, -0.2) is 18.1 Å². The first-order chi connectivity index (χ1) is 17.4. The van der Waals surface area contributed by atoms with Gasteiger partial charge in [-0.2, -0.15) is 4.98 Å². The zero-order valence-corrected chi connectivity index (χ0v) is 21.9. The fraction of sp³-hybridized carbons (Fsp3) is 0.385. The van der Waals surface area contributed by atoms with Gasteiger partial charge in [-0.15, -0.1) is 0 Å². The molecular formula is C26H34N6O3S. The summed E-state index contributed by atoms with van der Waals surface area (Å²) in [6.45, 7) is 7.95. The predicted molar refractivity (Wildman–Crippen MR) is 143 cm³/mol. The third-order valence-electron chi connectivity index (χ3n) is 6.10. The largest absolute Gasteiger partial charge is 0.492 e. The molecule has 9 nitrogen and oxygen atoms in total. The number of likely N-dealkylation sites (tertiary alicyclic amines) is 1. The first kappa shape index (κ1) is 25.9. The third-order valence-corrected chi connectivity index (χ3v) is 7.64. The summed E-state index contributed by atoms with van der Waals surface area (Å²) in [4.78, 5) is 13.7. The van der Waals surface area contributed by atoms with Gasteiger partial charge < -0.3 is 15.0 Å². The van der Waals surface area contributed by atoms with Crippen molar-refractivity contribution in [3.63, 3.8) is 0 Å². The number of hydrogen-bond acceptors (Lipinski definition) is 8. The van der Waals surface area contributed by atoms with Crippen LogP contribution in [0.2, 0.25) is 0 Å². The van der Waals surface area contributed by atoms with Crippen molar-refractivity contribution in [2.75, 3.05) is 50.1 Å². The maximum atomic E-state index is 12.4. The monoisotopic (exact) mass is 510 g/mol. The SMILES string of the molecule is CCNS(=O)(=O)c1cccc(Nc2nc(N(C)c3ccc(OCCN4CCCC4)cc3)ncc2C)c1. The quantitative estimate of drug-likeness (QED) is 0.398. The molecule has 0 amide bonds. The van der Waals surface area contributed by atoms with E-state index >= 15 is 0 Å². The van der Waals surface area contributed by atoms with Gasteiger partial charge >= 0.3 is 0 Å². The van der Waals surface area contributed by atoms with Crippen molar-refractivity contribution >= 4 is 33.2 Å². The number of aromatic nitrogens is 2. The van der Waals surface area contributed by atoms with Crippen molar-refractivity contribution in [2.45, 2.75) is 31.6 Å². The molecule has 2 N–H and O–H groups in total. The lowest BCUT2D eigenvalue weighted by atomic mass is 10.3. The second-order valence-corrected chi connectivity index (χ2v) is 10.6. The molecule has 1 aliphatic rings. The lowest BCUT2D eigenvalue weighted by molar-refractivity contribution is 0.238. The van der Waals surface area contributed by atoms with Crippen LogP contribution in [-0.2, 0) is 10.0 Å². The van der Waals surface area contributed by atoms with Crippen molar-refractivity contribution < 1.29 is 13.2 Å². The van der Waals surface area contributed by atoms with Gasteiger partial charge in [-0.05, 0) is 75.3 Å². The van der Waals surface area contributed by atoms with Crippen LogP contribution in [0.3, 0.4) is 0 Å². The van der Waals surface area contributed by atoms with E-state index < -0.39 is 10.0 Å². The highest BCUT2D eigenvalue weighted by Crippen LogP contribution is 2.27. The highest BCUT2D eigenvalue weighted by molar-refractivity contribution is 7.89. The number of benzene rings is 2. The highest BCUT2D eigenvalue weighted by Gasteiger charge is 2.15. The van der Waals surface area contributed by atoms with E-state index in [1.165, 1.54) is 25.9 Å². The summed E-state index contributed by atoms with van der Waals surface area (Å²) in [6.07, 6.45) is 4.31. The van der Waals surface area contributed by atoms with Crippen LogP contribution in [-0.4, -0.2) is 63.1 Å². The zero-order chi connectivity index (χ0) is 25.5. The average Bonchev–Trinajstić information content (AvgIpc) is 3.39. The van der Waals surface area contributed by atoms with E-state index in [0.717, 1.165) is 23.5 Å². The van der Waals surface area contributed by atoms with Crippen molar-refractivity contribution in [3.05, 3.63) is 60.3 Å². The van der Waals surface area contributed by atoms with E-state index in [2.05, 4.69) is 19.9 Å². The standard InChI is InChI=1S/C26H34N6O3S/c1-4-28-36(33,34)24-9-7-8-21(18-24)29-25-20(2)19-27-26(30-25)31(3)22-10-12-23(13-11-22)35-17-16-32-14-5-6-15-32/h7-13,18-19,28H,4-6,14-17H2,1-3H3,(H,27,29,30). The second-order valence-electron chi connectivity index (χ2n) is 8.81. The smallest absolute Gasteiger partial charge is 0.240 e. The van der Waals surface area contributed by atoms with Gasteiger partial charge in [-0.1, -0.05) is 13.0 Å². The van der Waals surface area contributed by atoms with Gasteiger partial charge in [0, 0.05) is 43.3 Å². The zero-order valence-electron chi connectivity index (χ0n) is 21.1. The van der Waals surface area contributed by atoms with Crippen LogP contribution in [0.4, 0.5) is 23.1 Å². The molecule has 0 spiro atoms. The Labute approximate surface area is 213 Å². The molecule has 2 heterocycles. The van der Waals surface area contributed by atoms with E-state index in [0.29, 0.717) is 30.6 Å². The van der Waals surface area contributed by atoms with Crippen molar-refractivity contribution in [2.24, 2.45) is 0 Å². The summed E-state index contributed by atoms with van der Waals surface area (Å²) in [5.41, 5.74) is 2.39. The summed E-state index contributed by atoms with van der Waals surface area (Å²) in [5.74, 6) is 1.96. The second kappa shape index (κ2) is 11.7. The number of rotatable bonds is 11. The van der Waals surface area contributed by atoms with Gasteiger partial charge in [0.05, 0.1) is 4.90 Å². The number of anilines is 4. The molecule has 1 aromatic heterocycles. The van der Waals surface area contributed by atoms with Crippen molar-refractivity contribution in [1.82, 2.24) is 19.6 Å². The first-order valence-corrected chi connectivity index (χ1v) is 13.7. The molecule has 10 heteroatoms. The van der Waals surface area contributed by atoms with E-state index in [9.17, 15) is 8.42 Å². The maximum absolute atomic E-state index is 12.4. The molecule has 0 bridgehead atoms. The molecule has 3 aromatic rings. The van der Waals surface area contributed by atoms with Crippen molar-refractivity contribution in [3.8, 4) is 5.75 Å². The van der Waals surface area contributed by atoms with Crippen LogP contribution < -0.4 is 19.7 Å². The molecule has 0 saturated carbocycles. The molecule has 2 aromatic carbocycles. The van der Waals surface area contributed by atoms with Crippen LogP contribution in [0.1, 0.15) is 25.3 Å². The Morgan fingerprint density at radius 1 is 1.11 bits per heavy atom. The number of nitrogens with one attached hydrogen (secondary N) is 2. The summed E-state index contributed by atoms with van der Waals surface area (Å²) in [5, 5.41) is 3.23. The average molecular weight is 511 g/mol. The van der Waals surface area contributed by atoms with Gasteiger partial charge in [0.15, 0.2) is 0 Å². The van der Waals surface area contributed by atoms with E-state index in [1.807, 2.05) is 43.1 Å². The molecule has 0 atom stereocenters. The summed E-state index contributed by atoms with van der Waals surface area (Å²) < 4.78 is 33.1. The summed E-state index contributed by atoms with van der Waals surface area (Å²) in [7, 11) is -1.65. The van der Waals surface area contributed by atoms with Gasteiger partial charge in [0.1, 0.15) is 18.2 Å². The fourth-order valence-corrected chi connectivity index (χ4v) is 5.14. The van der Waals surface area contributed by atoms with Gasteiger partial charge in [0.25, 0.3) is 0 Å². The molecular weight excluding hydrogens is 476 g/mol. The van der Waals surface area contributed by atoms with Crippen LogP contribution in [0, 0.1) is 6.92 Å². The van der Waals surface area contributed by atoms with Crippen LogP contribution in [0.25, 0.3) is 0 Å². The Morgan fingerprint density at radius 2 is 1.86 bits per heavy atom. The Balaban J connectivity index is 1.43. The minimum Gasteiger partial charge on any atom is -0.492 e. The number of nitrogens with zero attached hydrogens (tertiary/aromatic N) is 4. The number of hydrogen-bond donors (Lipinski definition) is 2. The maximum Gasteiger partial charge on any atom is 0.240 e. The predicted octanol–water partition coefficient (Wildman–Crippen LogP) is 4.07. The van der Waals surface area contributed by atoms with E-state index in [4.69, 9.17) is 9.72 Å². The lowest BCUT2D eigenvalue weighted by Gasteiger charge is -2.19. The molecule has 1 saturated heterocycles. The topological polar surface area (TPSA) is 99.7 Å². The fourth-order valence-electron chi connectivity index (χ4n) is 4.05. The first-order valence-electron chi connectivity index (χ1n) is 12.2. The molecule has 36 heavy (non-hydrogen) atoms. The van der Waals surface area contributed by atoms with Crippen molar-refractivity contribution in [1.29, 1.82) is 0 Å². The number of sulfonamides is 1. The summed E-state index contributed by atoms with van der Waals surface area (Å²) >= 11 is 0. The third kappa shape index (κ3) is 6.51. The Bertz CT molecular complexity index is 1260. The Morgan fingerprint density at radius 3 is 2.58 bits per heavy atom. The summed E-state index contributed by atoms with van der Waals surface area (Å²) in [6, 6.07) is 14.5. The molecule has 0 unspecified atom stereocenters. The van der Waals surface area contributed by atoms with Crippen LogP contribution >= 0.6 is 0 Å². The number of ether oxygens (including phenoxy) is 1. The van der Waals surface area contributed by atoms with Crippen LogP contribution in [0.5, 0.6) is 5.75 Å². The van der Waals surface area contributed by atoms with E-state index in [1.54, 1.807) is 37.4 Å². The van der Waals surface area contributed by atoms with Gasteiger partial charge in [-0.3, -0.25) is 4.90 Å². The van der Waals surface area contributed by atoms with E-state index in [-0.39, 0.29) is 4.90 Å². The number of aryl methyl sites for hydroxylation is 1. The minimum atomic E-state index is -3.55. The van der Waals surface area contributed by atoms with Crippen LogP contribution in [0.15, 0.2) is 59.6 Å². The van der Waals surface area contributed by atoms with Gasteiger partial charge in [0.2, 0.25) is 16.0 Å². The molecule has 0 aliphatic carbocycles. The molecule has 1 fully saturated rings. The Kier molecular flexibility index (Phi) is 8.40.